The van der Waals surface area contributed by atoms with Gasteiger partial charge in [-0.3, -0.25) is 4.90 Å². The van der Waals surface area contributed by atoms with Crippen molar-refractivity contribution in [3.8, 4) is 5.75 Å². The predicted octanol–water partition coefficient (Wildman–Crippen LogP) is 2.67. The Morgan fingerprint density at radius 2 is 1.97 bits per heavy atom. The number of rotatable bonds is 5. The van der Waals surface area contributed by atoms with Gasteiger partial charge in [-0.2, -0.15) is 0 Å². The lowest BCUT2D eigenvalue weighted by molar-refractivity contribution is -0.0689. The fraction of sp³-hybridized carbons (Fsp3) is 0.696. The van der Waals surface area contributed by atoms with Crippen LogP contribution in [0.4, 0.5) is 4.79 Å². The molecule has 2 heterocycles. The van der Waals surface area contributed by atoms with Gasteiger partial charge in [0, 0.05) is 32.2 Å². The number of hydrogen-bond acceptors (Lipinski definition) is 6. The standard InChI is InChI=1S/C23H36N2O5/c1-5-29-22(26)24-8-6-20(7-9-24)25-10-11-28-15-23(27,14-25)16-30-21-13-17(2)12-18(3)19(21)4/h12-13,20,27H,5-11,14-16H2,1-4H3. The van der Waals surface area contributed by atoms with E-state index in [-0.39, 0.29) is 19.3 Å². The normalized spacial score (nSPS) is 23.8. The minimum atomic E-state index is -1.07. The van der Waals surface area contributed by atoms with Crippen LogP contribution in [0.2, 0.25) is 0 Å². The number of aliphatic hydroxyl groups is 1. The highest BCUT2D eigenvalue weighted by Crippen LogP contribution is 2.26. The fourth-order valence-electron chi connectivity index (χ4n) is 4.34. The monoisotopic (exact) mass is 420 g/mol. The number of hydrogen-bond donors (Lipinski definition) is 1. The van der Waals surface area contributed by atoms with E-state index in [0.29, 0.717) is 38.9 Å². The van der Waals surface area contributed by atoms with Crippen LogP contribution in [0.5, 0.6) is 5.75 Å². The van der Waals surface area contributed by atoms with Crippen LogP contribution in [-0.4, -0.2) is 85.2 Å². The van der Waals surface area contributed by atoms with E-state index in [0.717, 1.165) is 36.3 Å². The molecule has 0 radical (unpaired) electrons. The second-order valence-electron chi connectivity index (χ2n) is 8.66. The van der Waals surface area contributed by atoms with Crippen molar-refractivity contribution < 1.29 is 24.1 Å². The zero-order chi connectivity index (χ0) is 21.7. The van der Waals surface area contributed by atoms with Crippen molar-refractivity contribution in [1.29, 1.82) is 0 Å². The molecule has 7 nitrogen and oxygen atoms in total. The first-order valence-electron chi connectivity index (χ1n) is 11.0. The van der Waals surface area contributed by atoms with Gasteiger partial charge in [-0.1, -0.05) is 6.07 Å². The smallest absolute Gasteiger partial charge is 0.409 e. The Balaban J connectivity index is 1.60. The molecule has 7 heteroatoms. The highest BCUT2D eigenvalue weighted by Gasteiger charge is 2.37. The van der Waals surface area contributed by atoms with E-state index < -0.39 is 5.60 Å². The summed E-state index contributed by atoms with van der Waals surface area (Å²) in [4.78, 5) is 16.0. The van der Waals surface area contributed by atoms with Crippen LogP contribution in [0.1, 0.15) is 36.5 Å². The van der Waals surface area contributed by atoms with Gasteiger partial charge in [0.15, 0.2) is 0 Å². The first kappa shape index (κ1) is 22.8. The van der Waals surface area contributed by atoms with Crippen LogP contribution in [0.15, 0.2) is 12.1 Å². The van der Waals surface area contributed by atoms with E-state index in [1.165, 1.54) is 5.56 Å². The maximum Gasteiger partial charge on any atom is 0.409 e. The summed E-state index contributed by atoms with van der Waals surface area (Å²) in [5.41, 5.74) is 2.36. The lowest BCUT2D eigenvalue weighted by Crippen LogP contribution is -2.54. The zero-order valence-corrected chi connectivity index (χ0v) is 18.8. The van der Waals surface area contributed by atoms with Crippen molar-refractivity contribution >= 4 is 6.09 Å². The third kappa shape index (κ3) is 5.65. The molecule has 0 aromatic heterocycles. The van der Waals surface area contributed by atoms with Crippen molar-refractivity contribution in [2.24, 2.45) is 0 Å². The molecule has 1 aromatic carbocycles. The van der Waals surface area contributed by atoms with E-state index in [9.17, 15) is 9.90 Å². The third-order valence-electron chi connectivity index (χ3n) is 6.16. The molecule has 0 bridgehead atoms. The molecule has 2 aliphatic rings. The second-order valence-corrected chi connectivity index (χ2v) is 8.66. The molecule has 1 atom stereocenters. The summed E-state index contributed by atoms with van der Waals surface area (Å²) >= 11 is 0. The van der Waals surface area contributed by atoms with Crippen molar-refractivity contribution in [2.45, 2.75) is 52.2 Å². The number of β-amino-alcohol motifs (C(OH)–C–C–N with tert-alkyl or cyclic N) is 1. The lowest BCUT2D eigenvalue weighted by Gasteiger charge is -2.40. The summed E-state index contributed by atoms with van der Waals surface area (Å²) in [5, 5.41) is 11.3. The van der Waals surface area contributed by atoms with Gasteiger partial charge in [0.25, 0.3) is 0 Å². The number of piperidine rings is 1. The van der Waals surface area contributed by atoms with E-state index in [1.54, 1.807) is 4.90 Å². The Morgan fingerprint density at radius 3 is 2.67 bits per heavy atom. The summed E-state index contributed by atoms with van der Waals surface area (Å²) in [6.45, 7) is 12.1. The number of carbonyl (C=O) groups excluding carboxylic acids is 1. The minimum absolute atomic E-state index is 0.189. The Hall–Kier alpha value is -1.83. The molecular weight excluding hydrogens is 384 g/mol. The van der Waals surface area contributed by atoms with Crippen LogP contribution in [0.3, 0.4) is 0 Å². The molecule has 2 saturated heterocycles. The topological polar surface area (TPSA) is 71.5 Å². The van der Waals surface area contributed by atoms with Crippen molar-refractivity contribution in [3.05, 3.63) is 28.8 Å². The Bertz CT molecular complexity index is 733. The SMILES string of the molecule is CCOC(=O)N1CCC(N2CCOCC(O)(COc3cc(C)cc(C)c3C)C2)CC1. The average Bonchev–Trinajstić information content (AvgIpc) is 2.92. The van der Waals surface area contributed by atoms with Crippen LogP contribution >= 0.6 is 0 Å². The number of carbonyl (C=O) groups is 1. The average molecular weight is 421 g/mol. The van der Waals surface area contributed by atoms with Gasteiger partial charge in [0.2, 0.25) is 0 Å². The van der Waals surface area contributed by atoms with Crippen molar-refractivity contribution in [1.82, 2.24) is 9.80 Å². The Morgan fingerprint density at radius 1 is 1.23 bits per heavy atom. The molecule has 1 N–H and O–H groups in total. The number of aryl methyl sites for hydroxylation is 2. The highest BCUT2D eigenvalue weighted by atomic mass is 16.6. The van der Waals surface area contributed by atoms with Crippen LogP contribution in [0.25, 0.3) is 0 Å². The summed E-state index contributed by atoms with van der Waals surface area (Å²) in [6, 6.07) is 4.47. The van der Waals surface area contributed by atoms with Crippen molar-refractivity contribution in [3.63, 3.8) is 0 Å². The molecule has 0 aliphatic carbocycles. The van der Waals surface area contributed by atoms with Crippen LogP contribution in [0, 0.1) is 20.8 Å². The van der Waals surface area contributed by atoms with E-state index >= 15 is 0 Å². The second kappa shape index (κ2) is 9.98. The van der Waals surface area contributed by atoms with Crippen molar-refractivity contribution in [2.75, 3.05) is 52.6 Å². The summed E-state index contributed by atoms with van der Waals surface area (Å²) < 4.78 is 16.9. The molecular formula is C23H36N2O5. The maximum atomic E-state index is 11.9. The van der Waals surface area contributed by atoms with Gasteiger partial charge in [0.1, 0.15) is 18.0 Å². The lowest BCUT2D eigenvalue weighted by atomic mass is 9.99. The maximum absolute atomic E-state index is 11.9. The number of nitrogens with zero attached hydrogens (tertiary/aromatic N) is 2. The molecule has 1 unspecified atom stereocenters. The molecule has 0 spiro atoms. The molecule has 3 rings (SSSR count). The Labute approximate surface area is 179 Å². The summed E-state index contributed by atoms with van der Waals surface area (Å²) in [5.74, 6) is 0.819. The van der Waals surface area contributed by atoms with E-state index in [4.69, 9.17) is 14.2 Å². The Kier molecular flexibility index (Phi) is 7.60. The largest absolute Gasteiger partial charge is 0.490 e. The van der Waals surface area contributed by atoms with Gasteiger partial charge >= 0.3 is 6.09 Å². The molecule has 30 heavy (non-hydrogen) atoms. The van der Waals surface area contributed by atoms with Gasteiger partial charge in [0.05, 0.1) is 19.8 Å². The molecule has 2 aliphatic heterocycles. The molecule has 1 amide bonds. The number of benzene rings is 1. The number of ether oxygens (including phenoxy) is 3. The first-order valence-corrected chi connectivity index (χ1v) is 11.0. The van der Waals surface area contributed by atoms with Gasteiger partial charge in [-0.25, -0.2) is 4.79 Å². The van der Waals surface area contributed by atoms with Gasteiger partial charge < -0.3 is 24.2 Å². The van der Waals surface area contributed by atoms with E-state index in [2.05, 4.69) is 17.9 Å². The predicted molar refractivity (Wildman–Crippen MR) is 115 cm³/mol. The summed E-state index contributed by atoms with van der Waals surface area (Å²) in [7, 11) is 0. The van der Waals surface area contributed by atoms with E-state index in [1.807, 2.05) is 26.8 Å². The number of likely N-dealkylation sites (tertiary alicyclic amines) is 1. The fourth-order valence-corrected chi connectivity index (χ4v) is 4.34. The quantitative estimate of drug-likeness (QED) is 0.790. The first-order chi connectivity index (χ1) is 14.3. The molecule has 0 saturated carbocycles. The van der Waals surface area contributed by atoms with Crippen LogP contribution in [-0.2, 0) is 9.47 Å². The minimum Gasteiger partial charge on any atom is -0.490 e. The molecule has 168 valence electrons. The third-order valence-corrected chi connectivity index (χ3v) is 6.16. The zero-order valence-electron chi connectivity index (χ0n) is 18.8. The highest BCUT2D eigenvalue weighted by molar-refractivity contribution is 5.67. The summed E-state index contributed by atoms with van der Waals surface area (Å²) in [6.07, 6.45) is 1.50. The van der Waals surface area contributed by atoms with Crippen LogP contribution < -0.4 is 4.74 Å². The number of amides is 1. The van der Waals surface area contributed by atoms with Gasteiger partial charge in [-0.05, 0) is 63.3 Å². The molecule has 1 aromatic rings. The van der Waals surface area contributed by atoms with Gasteiger partial charge in [-0.15, -0.1) is 0 Å². The molecule has 2 fully saturated rings.